The lowest BCUT2D eigenvalue weighted by Gasteiger charge is -2.28. The smallest absolute Gasteiger partial charge is 0.0717 e. The SMILES string of the molecule is CC(CC(C)C[C@@H](C)[C@H](O)[C@H](C)COCc1ccccc1)C[C@H](C)CO. The molecule has 0 radical (unpaired) electrons. The molecule has 0 heterocycles. The molecule has 150 valence electrons. The number of rotatable bonds is 13. The normalized spacial score (nSPS) is 18.7. The van der Waals surface area contributed by atoms with Gasteiger partial charge in [-0.05, 0) is 48.5 Å². The van der Waals surface area contributed by atoms with E-state index in [-0.39, 0.29) is 24.5 Å². The van der Waals surface area contributed by atoms with Crippen LogP contribution in [0.2, 0.25) is 0 Å². The van der Waals surface area contributed by atoms with Gasteiger partial charge in [-0.15, -0.1) is 0 Å². The summed E-state index contributed by atoms with van der Waals surface area (Å²) in [5, 5.41) is 19.8. The Bertz CT molecular complexity index is 462. The Morgan fingerprint density at radius 1 is 0.808 bits per heavy atom. The Labute approximate surface area is 160 Å². The number of hydrogen-bond donors (Lipinski definition) is 2. The molecule has 1 aromatic rings. The summed E-state index contributed by atoms with van der Waals surface area (Å²) < 4.78 is 5.79. The number of aliphatic hydroxyl groups is 2. The van der Waals surface area contributed by atoms with E-state index < -0.39 is 0 Å². The van der Waals surface area contributed by atoms with Crippen LogP contribution in [0.5, 0.6) is 0 Å². The van der Waals surface area contributed by atoms with Crippen LogP contribution in [0.25, 0.3) is 0 Å². The Morgan fingerprint density at radius 2 is 1.38 bits per heavy atom. The minimum absolute atomic E-state index is 0.132. The van der Waals surface area contributed by atoms with Crippen LogP contribution in [0.15, 0.2) is 30.3 Å². The molecule has 3 heteroatoms. The summed E-state index contributed by atoms with van der Waals surface area (Å²) in [6, 6.07) is 10.2. The second-order valence-corrected chi connectivity index (χ2v) is 8.65. The van der Waals surface area contributed by atoms with Gasteiger partial charge in [0.15, 0.2) is 0 Å². The van der Waals surface area contributed by atoms with Crippen LogP contribution in [0.1, 0.15) is 59.4 Å². The van der Waals surface area contributed by atoms with Crippen LogP contribution < -0.4 is 0 Å². The summed E-state index contributed by atoms with van der Waals surface area (Å²) in [5.74, 6) is 1.97. The molecule has 6 atom stereocenters. The van der Waals surface area contributed by atoms with Crippen molar-refractivity contribution in [2.24, 2.45) is 29.6 Å². The molecule has 3 nitrogen and oxygen atoms in total. The molecule has 0 aliphatic rings. The number of benzene rings is 1. The molecule has 2 unspecified atom stereocenters. The van der Waals surface area contributed by atoms with Crippen molar-refractivity contribution in [1.82, 2.24) is 0 Å². The van der Waals surface area contributed by atoms with Crippen molar-refractivity contribution in [3.8, 4) is 0 Å². The molecular formula is C23H40O3. The number of aliphatic hydroxyl groups excluding tert-OH is 2. The highest BCUT2D eigenvalue weighted by atomic mass is 16.5. The van der Waals surface area contributed by atoms with Gasteiger partial charge in [0, 0.05) is 12.5 Å². The third kappa shape index (κ3) is 9.16. The van der Waals surface area contributed by atoms with Crippen LogP contribution in [-0.2, 0) is 11.3 Å². The number of ether oxygens (including phenoxy) is 1. The van der Waals surface area contributed by atoms with Gasteiger partial charge in [-0.3, -0.25) is 0 Å². The fourth-order valence-electron chi connectivity index (χ4n) is 4.01. The van der Waals surface area contributed by atoms with Gasteiger partial charge in [0.25, 0.3) is 0 Å². The maximum atomic E-state index is 10.6. The van der Waals surface area contributed by atoms with Gasteiger partial charge in [-0.2, -0.15) is 0 Å². The van der Waals surface area contributed by atoms with E-state index in [1.54, 1.807) is 0 Å². The molecule has 0 bridgehead atoms. The zero-order chi connectivity index (χ0) is 19.5. The lowest BCUT2D eigenvalue weighted by Crippen LogP contribution is -2.30. The lowest BCUT2D eigenvalue weighted by atomic mass is 9.82. The maximum Gasteiger partial charge on any atom is 0.0717 e. The van der Waals surface area contributed by atoms with E-state index in [2.05, 4.69) is 46.8 Å². The largest absolute Gasteiger partial charge is 0.396 e. The van der Waals surface area contributed by atoms with Gasteiger partial charge in [0.2, 0.25) is 0 Å². The zero-order valence-electron chi connectivity index (χ0n) is 17.4. The fourth-order valence-corrected chi connectivity index (χ4v) is 4.01. The topological polar surface area (TPSA) is 49.7 Å². The third-order valence-corrected chi connectivity index (χ3v) is 5.35. The van der Waals surface area contributed by atoms with Gasteiger partial charge in [-0.1, -0.05) is 65.0 Å². The van der Waals surface area contributed by atoms with E-state index in [1.807, 2.05) is 18.2 Å². The summed E-state index contributed by atoms with van der Waals surface area (Å²) >= 11 is 0. The zero-order valence-corrected chi connectivity index (χ0v) is 17.4. The maximum absolute atomic E-state index is 10.6. The van der Waals surface area contributed by atoms with E-state index in [4.69, 9.17) is 4.74 Å². The number of hydrogen-bond acceptors (Lipinski definition) is 3. The molecule has 0 spiro atoms. The van der Waals surface area contributed by atoms with Crippen molar-refractivity contribution in [2.45, 2.75) is 66.6 Å². The van der Waals surface area contributed by atoms with Crippen LogP contribution in [0.3, 0.4) is 0 Å². The minimum atomic E-state index is -0.333. The van der Waals surface area contributed by atoms with Gasteiger partial charge < -0.3 is 14.9 Å². The van der Waals surface area contributed by atoms with E-state index in [0.29, 0.717) is 31.0 Å². The molecule has 0 aliphatic heterocycles. The molecule has 0 amide bonds. The Hall–Kier alpha value is -0.900. The Kier molecular flexibility index (Phi) is 11.1. The molecule has 0 aromatic heterocycles. The molecular weight excluding hydrogens is 324 g/mol. The van der Waals surface area contributed by atoms with Gasteiger partial charge in [0.05, 0.1) is 19.3 Å². The predicted octanol–water partition coefficient (Wildman–Crippen LogP) is 4.91. The van der Waals surface area contributed by atoms with Gasteiger partial charge in [-0.25, -0.2) is 0 Å². The standard InChI is InChI=1S/C23H40O3/c1-17(12-19(3)14-24)11-18(2)13-20(4)23(25)21(5)15-26-16-22-9-7-6-8-10-22/h6-10,17-21,23-25H,11-16H2,1-5H3/t17?,18?,19-,20+,21+,23-/m0/s1. The van der Waals surface area contributed by atoms with Crippen LogP contribution in [-0.4, -0.2) is 29.5 Å². The van der Waals surface area contributed by atoms with Gasteiger partial charge >= 0.3 is 0 Å². The Balaban J connectivity index is 2.30. The fraction of sp³-hybridized carbons (Fsp3) is 0.739. The van der Waals surface area contributed by atoms with Crippen molar-refractivity contribution < 1.29 is 14.9 Å². The van der Waals surface area contributed by atoms with Crippen molar-refractivity contribution in [3.05, 3.63) is 35.9 Å². The highest BCUT2D eigenvalue weighted by Crippen LogP contribution is 2.27. The molecule has 0 fully saturated rings. The average Bonchev–Trinajstić information content (AvgIpc) is 2.61. The first-order chi connectivity index (χ1) is 12.3. The van der Waals surface area contributed by atoms with Gasteiger partial charge in [0.1, 0.15) is 0 Å². The van der Waals surface area contributed by atoms with Crippen molar-refractivity contribution >= 4 is 0 Å². The van der Waals surface area contributed by atoms with E-state index in [0.717, 1.165) is 19.3 Å². The molecule has 2 N–H and O–H groups in total. The summed E-state index contributed by atoms with van der Waals surface area (Å²) in [6.45, 7) is 12.3. The molecule has 0 saturated carbocycles. The summed E-state index contributed by atoms with van der Waals surface area (Å²) in [6.07, 6.45) is 2.92. The van der Waals surface area contributed by atoms with Crippen LogP contribution in [0.4, 0.5) is 0 Å². The van der Waals surface area contributed by atoms with Crippen molar-refractivity contribution in [3.63, 3.8) is 0 Å². The Morgan fingerprint density at radius 3 is 2.00 bits per heavy atom. The highest BCUT2D eigenvalue weighted by molar-refractivity contribution is 5.13. The molecule has 0 saturated heterocycles. The minimum Gasteiger partial charge on any atom is -0.396 e. The molecule has 0 aliphatic carbocycles. The van der Waals surface area contributed by atoms with E-state index in [1.165, 1.54) is 5.56 Å². The predicted molar refractivity (Wildman–Crippen MR) is 109 cm³/mol. The van der Waals surface area contributed by atoms with Crippen molar-refractivity contribution in [1.29, 1.82) is 0 Å². The van der Waals surface area contributed by atoms with Crippen LogP contribution in [0, 0.1) is 29.6 Å². The quantitative estimate of drug-likeness (QED) is 0.523. The molecule has 1 rings (SSSR count). The van der Waals surface area contributed by atoms with Crippen molar-refractivity contribution in [2.75, 3.05) is 13.2 Å². The summed E-state index contributed by atoms with van der Waals surface area (Å²) in [5.41, 5.74) is 1.17. The first-order valence-corrected chi connectivity index (χ1v) is 10.2. The average molecular weight is 365 g/mol. The first-order valence-electron chi connectivity index (χ1n) is 10.2. The molecule has 1 aromatic carbocycles. The second-order valence-electron chi connectivity index (χ2n) is 8.65. The monoisotopic (exact) mass is 364 g/mol. The van der Waals surface area contributed by atoms with E-state index >= 15 is 0 Å². The first kappa shape index (κ1) is 23.1. The van der Waals surface area contributed by atoms with E-state index in [9.17, 15) is 10.2 Å². The third-order valence-electron chi connectivity index (χ3n) is 5.35. The molecule has 26 heavy (non-hydrogen) atoms. The highest BCUT2D eigenvalue weighted by Gasteiger charge is 2.24. The van der Waals surface area contributed by atoms with Crippen LogP contribution >= 0.6 is 0 Å². The summed E-state index contributed by atoms with van der Waals surface area (Å²) in [7, 11) is 0. The lowest BCUT2D eigenvalue weighted by molar-refractivity contribution is -0.00156. The summed E-state index contributed by atoms with van der Waals surface area (Å²) in [4.78, 5) is 0. The second kappa shape index (κ2) is 12.5.